The maximum Gasteiger partial charge on any atom is 0.416 e. The second-order valence-electron chi connectivity index (χ2n) is 2.25. The molecule has 0 aromatic heterocycles. The van der Waals surface area contributed by atoms with E-state index in [0.717, 1.165) is 12.1 Å². The molecule has 0 aliphatic carbocycles. The zero-order valence-electron chi connectivity index (χ0n) is 6.14. The number of halogens is 4. The van der Waals surface area contributed by atoms with E-state index in [0.29, 0.717) is 0 Å². The first-order chi connectivity index (χ1) is 5.91. The first-order valence-electron chi connectivity index (χ1n) is 3.16. The van der Waals surface area contributed by atoms with Crippen molar-refractivity contribution in [2.45, 2.75) is 11.1 Å². The standard InChI is InChI=1S/C7H4ClF3OS/c8-13(12)6-3-1-2-5(4-6)7(9,10)11/h1-4H. The second-order valence-corrected chi connectivity index (χ2v) is 4.01. The summed E-state index contributed by atoms with van der Waals surface area (Å²) in [6.45, 7) is 0. The van der Waals surface area contributed by atoms with Crippen molar-refractivity contribution in [3.63, 3.8) is 0 Å². The van der Waals surface area contributed by atoms with Crippen LogP contribution in [0.4, 0.5) is 13.2 Å². The van der Waals surface area contributed by atoms with Crippen molar-refractivity contribution in [3.05, 3.63) is 29.8 Å². The van der Waals surface area contributed by atoms with Gasteiger partial charge in [-0.3, -0.25) is 0 Å². The predicted molar refractivity (Wildman–Crippen MR) is 43.7 cm³/mol. The summed E-state index contributed by atoms with van der Waals surface area (Å²) in [5, 5.41) is 0. The highest BCUT2D eigenvalue weighted by atomic mass is 35.7. The van der Waals surface area contributed by atoms with Crippen LogP contribution in [0.3, 0.4) is 0 Å². The van der Waals surface area contributed by atoms with Crippen LogP contribution in [0.5, 0.6) is 0 Å². The van der Waals surface area contributed by atoms with E-state index in [1.54, 1.807) is 0 Å². The van der Waals surface area contributed by atoms with E-state index in [-0.39, 0.29) is 4.90 Å². The molecular formula is C7H4ClF3OS. The summed E-state index contributed by atoms with van der Waals surface area (Å²) in [6, 6.07) is 4.10. The van der Waals surface area contributed by atoms with Gasteiger partial charge in [-0.25, -0.2) is 4.21 Å². The molecule has 0 saturated heterocycles. The molecule has 13 heavy (non-hydrogen) atoms. The fourth-order valence-corrected chi connectivity index (χ4v) is 1.47. The third-order valence-electron chi connectivity index (χ3n) is 1.35. The van der Waals surface area contributed by atoms with E-state index in [9.17, 15) is 17.4 Å². The van der Waals surface area contributed by atoms with Gasteiger partial charge in [0, 0.05) is 0 Å². The van der Waals surface area contributed by atoms with Gasteiger partial charge in [-0.1, -0.05) is 6.07 Å². The summed E-state index contributed by atoms with van der Waals surface area (Å²) >= 11 is 0. The zero-order valence-corrected chi connectivity index (χ0v) is 7.71. The molecule has 1 aromatic rings. The third kappa shape index (κ3) is 2.70. The van der Waals surface area contributed by atoms with Crippen LogP contribution in [0.25, 0.3) is 0 Å². The van der Waals surface area contributed by atoms with Gasteiger partial charge in [-0.2, -0.15) is 13.2 Å². The first-order valence-corrected chi connectivity index (χ1v) is 5.14. The van der Waals surface area contributed by atoms with Crippen LogP contribution in [-0.2, 0) is 16.2 Å². The van der Waals surface area contributed by atoms with Crippen LogP contribution in [0.15, 0.2) is 29.2 Å². The first kappa shape index (κ1) is 10.5. The van der Waals surface area contributed by atoms with Gasteiger partial charge in [-0.05, 0) is 28.9 Å². The maximum atomic E-state index is 12.1. The molecule has 0 fully saturated rings. The molecule has 0 amide bonds. The average Bonchev–Trinajstić information content (AvgIpc) is 2.03. The highest BCUT2D eigenvalue weighted by Crippen LogP contribution is 2.30. The van der Waals surface area contributed by atoms with Crippen molar-refractivity contribution in [2.24, 2.45) is 0 Å². The summed E-state index contributed by atoms with van der Waals surface area (Å²) in [4.78, 5) is -0.0449. The molecule has 1 rings (SSSR count). The van der Waals surface area contributed by atoms with Crippen molar-refractivity contribution in [1.82, 2.24) is 0 Å². The van der Waals surface area contributed by atoms with E-state index < -0.39 is 21.8 Å². The minimum Gasteiger partial charge on any atom is -0.237 e. The second kappa shape index (κ2) is 3.67. The Hall–Kier alpha value is -0.550. The Labute approximate surface area is 79.5 Å². The molecule has 0 saturated carbocycles. The number of hydrogen-bond acceptors (Lipinski definition) is 1. The molecule has 1 unspecified atom stereocenters. The molecule has 0 N–H and O–H groups in total. The molecular weight excluding hydrogens is 225 g/mol. The van der Waals surface area contributed by atoms with Gasteiger partial charge in [-0.15, -0.1) is 0 Å². The minimum absolute atomic E-state index is 0.0449. The molecule has 6 heteroatoms. The molecule has 0 radical (unpaired) electrons. The van der Waals surface area contributed by atoms with Crippen molar-refractivity contribution in [1.29, 1.82) is 0 Å². The summed E-state index contributed by atoms with van der Waals surface area (Å²) in [5.41, 5.74) is -0.848. The van der Waals surface area contributed by atoms with Gasteiger partial charge in [0.05, 0.1) is 10.5 Å². The largest absolute Gasteiger partial charge is 0.416 e. The quantitative estimate of drug-likeness (QED) is 0.676. The van der Waals surface area contributed by atoms with E-state index in [2.05, 4.69) is 0 Å². The average molecular weight is 229 g/mol. The molecule has 0 aliphatic rings. The number of alkyl halides is 3. The molecule has 0 spiro atoms. The SMILES string of the molecule is O=S(Cl)c1cccc(C(F)(F)F)c1. The van der Waals surface area contributed by atoms with Crippen molar-refractivity contribution in [2.75, 3.05) is 0 Å². The monoisotopic (exact) mass is 228 g/mol. The lowest BCUT2D eigenvalue weighted by Crippen LogP contribution is -2.04. The molecule has 1 atom stereocenters. The fraction of sp³-hybridized carbons (Fsp3) is 0.143. The van der Waals surface area contributed by atoms with Crippen molar-refractivity contribution in [3.8, 4) is 0 Å². The molecule has 72 valence electrons. The Morgan fingerprint density at radius 3 is 2.38 bits per heavy atom. The maximum absolute atomic E-state index is 12.1. The highest BCUT2D eigenvalue weighted by molar-refractivity contribution is 8.08. The summed E-state index contributed by atoms with van der Waals surface area (Å²) in [6.07, 6.45) is -4.42. The summed E-state index contributed by atoms with van der Waals surface area (Å²) in [5.74, 6) is 0. The lowest BCUT2D eigenvalue weighted by atomic mass is 10.2. The Morgan fingerprint density at radius 1 is 1.31 bits per heavy atom. The Bertz CT molecular complexity index is 337. The van der Waals surface area contributed by atoms with E-state index >= 15 is 0 Å². The molecule has 1 aromatic carbocycles. The summed E-state index contributed by atoms with van der Waals surface area (Å²) < 4.78 is 46.9. The topological polar surface area (TPSA) is 17.1 Å². The van der Waals surface area contributed by atoms with Crippen LogP contribution in [0.2, 0.25) is 0 Å². The normalized spacial score (nSPS) is 14.2. The van der Waals surface area contributed by atoms with Crippen molar-refractivity contribution < 1.29 is 17.4 Å². The lowest BCUT2D eigenvalue weighted by Gasteiger charge is -2.06. The van der Waals surface area contributed by atoms with Crippen LogP contribution in [-0.4, -0.2) is 4.21 Å². The smallest absolute Gasteiger partial charge is 0.237 e. The Kier molecular flexibility index (Phi) is 2.98. The highest BCUT2D eigenvalue weighted by Gasteiger charge is 2.30. The zero-order chi connectivity index (χ0) is 10.1. The van der Waals surface area contributed by atoms with Crippen LogP contribution in [0, 0.1) is 0 Å². The molecule has 1 nitrogen and oxygen atoms in total. The van der Waals surface area contributed by atoms with Gasteiger partial charge >= 0.3 is 6.18 Å². The fourth-order valence-electron chi connectivity index (χ4n) is 0.772. The van der Waals surface area contributed by atoms with Crippen LogP contribution >= 0.6 is 10.7 Å². The third-order valence-corrected chi connectivity index (χ3v) is 2.51. The lowest BCUT2D eigenvalue weighted by molar-refractivity contribution is -0.137. The van der Waals surface area contributed by atoms with Gasteiger partial charge < -0.3 is 0 Å². The predicted octanol–water partition coefficient (Wildman–Crippen LogP) is 2.97. The summed E-state index contributed by atoms with van der Waals surface area (Å²) in [7, 11) is 3.23. The Morgan fingerprint density at radius 2 is 1.92 bits per heavy atom. The number of rotatable bonds is 1. The van der Waals surface area contributed by atoms with E-state index in [1.165, 1.54) is 12.1 Å². The van der Waals surface area contributed by atoms with Gasteiger partial charge in [0.25, 0.3) is 0 Å². The number of hydrogen-bond donors (Lipinski definition) is 0. The van der Waals surface area contributed by atoms with Crippen LogP contribution < -0.4 is 0 Å². The van der Waals surface area contributed by atoms with Gasteiger partial charge in [0.2, 0.25) is 0 Å². The molecule has 0 heterocycles. The van der Waals surface area contributed by atoms with Gasteiger partial charge in [0.1, 0.15) is 10.0 Å². The van der Waals surface area contributed by atoms with Gasteiger partial charge in [0.15, 0.2) is 0 Å². The Balaban J connectivity index is 3.13. The van der Waals surface area contributed by atoms with Crippen LogP contribution in [0.1, 0.15) is 5.56 Å². The minimum atomic E-state index is -4.42. The van der Waals surface area contributed by atoms with Crippen molar-refractivity contribution >= 4 is 20.7 Å². The molecule has 0 aliphatic heterocycles. The molecule has 0 bridgehead atoms. The number of benzene rings is 1. The van der Waals surface area contributed by atoms with E-state index in [4.69, 9.17) is 10.7 Å². The van der Waals surface area contributed by atoms with E-state index in [1.807, 2.05) is 0 Å².